The first-order valence-electron chi connectivity index (χ1n) is 9.42. The highest BCUT2D eigenvalue weighted by Gasteiger charge is 2.24. The SMILES string of the molecule is O=C(c1ccc(CN2CCCC2)o1)N1CCCN(c2ncccn2)CC1. The minimum atomic E-state index is -0.0199. The fraction of sp³-hybridized carbons (Fsp3) is 0.526. The lowest BCUT2D eigenvalue weighted by Crippen LogP contribution is -2.35. The van der Waals surface area contributed by atoms with Crippen LogP contribution in [0.5, 0.6) is 0 Å². The number of carbonyl (C=O) groups excluding carboxylic acids is 1. The quantitative estimate of drug-likeness (QED) is 0.836. The molecule has 2 aliphatic heterocycles. The molecule has 1 amide bonds. The second-order valence-electron chi connectivity index (χ2n) is 6.93. The Morgan fingerprint density at radius 1 is 0.962 bits per heavy atom. The van der Waals surface area contributed by atoms with Gasteiger partial charge in [-0.25, -0.2) is 9.97 Å². The normalized spacial score (nSPS) is 18.9. The molecule has 0 N–H and O–H groups in total. The third kappa shape index (κ3) is 3.88. The van der Waals surface area contributed by atoms with Gasteiger partial charge in [0, 0.05) is 38.6 Å². The second kappa shape index (κ2) is 7.86. The zero-order chi connectivity index (χ0) is 17.8. The Morgan fingerprint density at radius 3 is 2.58 bits per heavy atom. The molecule has 0 aromatic carbocycles. The maximum atomic E-state index is 12.8. The van der Waals surface area contributed by atoms with Crippen molar-refractivity contribution in [2.45, 2.75) is 25.8 Å². The molecule has 0 spiro atoms. The van der Waals surface area contributed by atoms with Gasteiger partial charge in [0.2, 0.25) is 5.95 Å². The zero-order valence-electron chi connectivity index (χ0n) is 15.0. The number of carbonyl (C=O) groups is 1. The summed E-state index contributed by atoms with van der Waals surface area (Å²) in [5.41, 5.74) is 0. The lowest BCUT2D eigenvalue weighted by Gasteiger charge is -2.21. The van der Waals surface area contributed by atoms with Crippen molar-refractivity contribution >= 4 is 11.9 Å². The van der Waals surface area contributed by atoms with Crippen LogP contribution in [0, 0.1) is 0 Å². The van der Waals surface area contributed by atoms with Crippen molar-refractivity contribution in [3.63, 3.8) is 0 Å². The molecular weight excluding hydrogens is 330 g/mol. The summed E-state index contributed by atoms with van der Waals surface area (Å²) >= 11 is 0. The molecule has 138 valence electrons. The van der Waals surface area contributed by atoms with E-state index in [1.54, 1.807) is 12.4 Å². The van der Waals surface area contributed by atoms with Gasteiger partial charge in [0.05, 0.1) is 6.54 Å². The maximum Gasteiger partial charge on any atom is 0.289 e. The lowest BCUT2D eigenvalue weighted by atomic mass is 10.3. The van der Waals surface area contributed by atoms with E-state index < -0.39 is 0 Å². The van der Waals surface area contributed by atoms with Crippen molar-refractivity contribution in [2.24, 2.45) is 0 Å². The Labute approximate surface area is 153 Å². The summed E-state index contributed by atoms with van der Waals surface area (Å²) < 4.78 is 5.84. The van der Waals surface area contributed by atoms with Crippen LogP contribution in [0.1, 0.15) is 35.6 Å². The van der Waals surface area contributed by atoms with Crippen LogP contribution < -0.4 is 4.90 Å². The van der Waals surface area contributed by atoms with Crippen LogP contribution in [0.25, 0.3) is 0 Å². The molecule has 2 fully saturated rings. The number of anilines is 1. The molecule has 7 heteroatoms. The van der Waals surface area contributed by atoms with Crippen LogP contribution in [0.3, 0.4) is 0 Å². The molecule has 0 unspecified atom stereocenters. The minimum Gasteiger partial charge on any atom is -0.455 e. The van der Waals surface area contributed by atoms with Crippen molar-refractivity contribution in [1.29, 1.82) is 0 Å². The lowest BCUT2D eigenvalue weighted by molar-refractivity contribution is 0.0731. The highest BCUT2D eigenvalue weighted by atomic mass is 16.4. The van der Waals surface area contributed by atoms with Crippen molar-refractivity contribution in [2.75, 3.05) is 44.2 Å². The highest BCUT2D eigenvalue weighted by molar-refractivity contribution is 5.91. The molecule has 26 heavy (non-hydrogen) atoms. The van der Waals surface area contributed by atoms with Gasteiger partial charge in [-0.3, -0.25) is 9.69 Å². The molecule has 4 rings (SSSR count). The number of nitrogens with zero attached hydrogens (tertiary/aromatic N) is 5. The number of amides is 1. The Morgan fingerprint density at radius 2 is 1.77 bits per heavy atom. The molecule has 2 aromatic rings. The first kappa shape index (κ1) is 17.0. The predicted molar refractivity (Wildman–Crippen MR) is 98.0 cm³/mol. The fourth-order valence-corrected chi connectivity index (χ4v) is 3.67. The average Bonchev–Trinajstić information content (AvgIpc) is 3.29. The van der Waals surface area contributed by atoms with E-state index in [0.717, 1.165) is 57.4 Å². The number of likely N-dealkylation sites (tertiary alicyclic amines) is 1. The van der Waals surface area contributed by atoms with Gasteiger partial charge in [-0.15, -0.1) is 0 Å². The van der Waals surface area contributed by atoms with E-state index in [1.165, 1.54) is 12.8 Å². The number of rotatable bonds is 4. The van der Waals surface area contributed by atoms with E-state index >= 15 is 0 Å². The number of furan rings is 1. The van der Waals surface area contributed by atoms with Gasteiger partial charge in [0.15, 0.2) is 5.76 Å². The third-order valence-corrected chi connectivity index (χ3v) is 5.07. The Balaban J connectivity index is 1.36. The van der Waals surface area contributed by atoms with Gasteiger partial charge in [0.1, 0.15) is 5.76 Å². The van der Waals surface area contributed by atoms with E-state index in [2.05, 4.69) is 19.8 Å². The summed E-state index contributed by atoms with van der Waals surface area (Å²) in [5, 5.41) is 0. The summed E-state index contributed by atoms with van der Waals surface area (Å²) in [6.45, 7) is 6.00. The molecule has 0 radical (unpaired) electrons. The van der Waals surface area contributed by atoms with Crippen molar-refractivity contribution < 1.29 is 9.21 Å². The van der Waals surface area contributed by atoms with Gasteiger partial charge >= 0.3 is 0 Å². The fourth-order valence-electron chi connectivity index (χ4n) is 3.67. The standard InChI is InChI=1S/C19H25N5O2/c25-18(17-6-5-16(26-17)15-22-9-1-2-10-22)23-11-4-12-24(14-13-23)19-20-7-3-8-21-19/h3,5-8H,1-2,4,9-15H2. The molecule has 0 atom stereocenters. The zero-order valence-corrected chi connectivity index (χ0v) is 15.0. The van der Waals surface area contributed by atoms with Crippen LogP contribution in [0.15, 0.2) is 35.0 Å². The summed E-state index contributed by atoms with van der Waals surface area (Å²) in [6, 6.07) is 5.57. The third-order valence-electron chi connectivity index (χ3n) is 5.07. The minimum absolute atomic E-state index is 0.0199. The van der Waals surface area contributed by atoms with Crippen LogP contribution in [0.2, 0.25) is 0 Å². The summed E-state index contributed by atoms with van der Waals surface area (Å²) in [4.78, 5) is 27.8. The summed E-state index contributed by atoms with van der Waals surface area (Å²) in [7, 11) is 0. The summed E-state index contributed by atoms with van der Waals surface area (Å²) in [6.07, 6.45) is 6.90. The van der Waals surface area contributed by atoms with E-state index in [-0.39, 0.29) is 5.91 Å². The second-order valence-corrected chi connectivity index (χ2v) is 6.93. The van der Waals surface area contributed by atoms with Crippen molar-refractivity contribution in [3.8, 4) is 0 Å². The van der Waals surface area contributed by atoms with Gasteiger partial charge < -0.3 is 14.2 Å². The van der Waals surface area contributed by atoms with Crippen LogP contribution in [-0.2, 0) is 6.54 Å². The van der Waals surface area contributed by atoms with E-state index in [1.807, 2.05) is 23.1 Å². The van der Waals surface area contributed by atoms with Crippen LogP contribution in [-0.4, -0.2) is 64.9 Å². The molecule has 2 aliphatic rings. The molecule has 2 aromatic heterocycles. The number of hydrogen-bond donors (Lipinski definition) is 0. The number of aromatic nitrogens is 2. The smallest absolute Gasteiger partial charge is 0.289 e. The van der Waals surface area contributed by atoms with E-state index in [9.17, 15) is 4.79 Å². The molecule has 0 bridgehead atoms. The number of hydrogen-bond acceptors (Lipinski definition) is 6. The van der Waals surface area contributed by atoms with Gasteiger partial charge in [-0.1, -0.05) is 0 Å². The Hall–Kier alpha value is -2.41. The summed E-state index contributed by atoms with van der Waals surface area (Å²) in [5.74, 6) is 2.04. The molecule has 0 aliphatic carbocycles. The largest absolute Gasteiger partial charge is 0.455 e. The van der Waals surface area contributed by atoms with E-state index in [4.69, 9.17) is 4.42 Å². The topological polar surface area (TPSA) is 65.7 Å². The van der Waals surface area contributed by atoms with Gasteiger partial charge in [-0.2, -0.15) is 0 Å². The van der Waals surface area contributed by atoms with E-state index in [0.29, 0.717) is 12.3 Å². The molecule has 0 saturated carbocycles. The van der Waals surface area contributed by atoms with Gasteiger partial charge in [-0.05, 0) is 50.6 Å². The van der Waals surface area contributed by atoms with Crippen LogP contribution >= 0.6 is 0 Å². The molecule has 7 nitrogen and oxygen atoms in total. The highest BCUT2D eigenvalue weighted by Crippen LogP contribution is 2.18. The Kier molecular flexibility index (Phi) is 5.15. The first-order chi connectivity index (χ1) is 12.8. The molecule has 2 saturated heterocycles. The predicted octanol–water partition coefficient (Wildman–Crippen LogP) is 2.02. The average molecular weight is 355 g/mol. The maximum absolute atomic E-state index is 12.8. The first-order valence-corrected chi connectivity index (χ1v) is 9.42. The van der Waals surface area contributed by atoms with Crippen molar-refractivity contribution in [1.82, 2.24) is 19.8 Å². The van der Waals surface area contributed by atoms with Gasteiger partial charge in [0.25, 0.3) is 5.91 Å². The van der Waals surface area contributed by atoms with Crippen molar-refractivity contribution in [3.05, 3.63) is 42.1 Å². The molecule has 4 heterocycles. The monoisotopic (exact) mass is 355 g/mol. The van der Waals surface area contributed by atoms with Crippen LogP contribution in [0.4, 0.5) is 5.95 Å². The Bertz CT molecular complexity index is 727. The molecular formula is C19H25N5O2.